The molecule has 0 bridgehead atoms. The molecule has 1 atom stereocenters. The number of aromatic nitrogens is 2. The van der Waals surface area contributed by atoms with Gasteiger partial charge in [-0.1, -0.05) is 28.9 Å². The fourth-order valence-electron chi connectivity index (χ4n) is 2.71. The highest BCUT2D eigenvalue weighted by Crippen LogP contribution is 2.23. The molecular formula is C15H18ClN3O2. The molecule has 21 heavy (non-hydrogen) atoms. The average molecular weight is 308 g/mol. The number of rotatable bonds is 3. The number of hydrogen-bond acceptors (Lipinski definition) is 5. The summed E-state index contributed by atoms with van der Waals surface area (Å²) in [5.41, 5.74) is 0.205. The van der Waals surface area contributed by atoms with Crippen molar-refractivity contribution in [2.75, 3.05) is 13.1 Å². The van der Waals surface area contributed by atoms with Gasteiger partial charge in [0.2, 0.25) is 11.7 Å². The van der Waals surface area contributed by atoms with Crippen LogP contribution in [-0.2, 0) is 6.54 Å². The minimum absolute atomic E-state index is 0.538. The van der Waals surface area contributed by atoms with Crippen LogP contribution in [0, 0.1) is 0 Å². The van der Waals surface area contributed by atoms with Crippen molar-refractivity contribution in [1.82, 2.24) is 15.0 Å². The van der Waals surface area contributed by atoms with Gasteiger partial charge in [0, 0.05) is 17.1 Å². The van der Waals surface area contributed by atoms with Gasteiger partial charge in [-0.05, 0) is 38.4 Å². The molecule has 1 saturated heterocycles. The van der Waals surface area contributed by atoms with Gasteiger partial charge in [-0.2, -0.15) is 4.98 Å². The third-order valence-corrected chi connectivity index (χ3v) is 3.90. The Balaban J connectivity index is 1.71. The Morgan fingerprint density at radius 1 is 1.48 bits per heavy atom. The fourth-order valence-corrected chi connectivity index (χ4v) is 2.90. The number of nitrogens with zero attached hydrogens (tertiary/aromatic N) is 3. The zero-order valence-electron chi connectivity index (χ0n) is 11.9. The van der Waals surface area contributed by atoms with Crippen LogP contribution in [-0.4, -0.2) is 38.8 Å². The zero-order valence-corrected chi connectivity index (χ0v) is 12.7. The first kappa shape index (κ1) is 14.5. The zero-order chi connectivity index (χ0) is 14.9. The van der Waals surface area contributed by atoms with Gasteiger partial charge in [-0.15, -0.1) is 0 Å². The lowest BCUT2D eigenvalue weighted by Crippen LogP contribution is -2.45. The quantitative estimate of drug-likeness (QED) is 0.944. The van der Waals surface area contributed by atoms with Crippen molar-refractivity contribution in [3.05, 3.63) is 35.2 Å². The molecule has 1 aliphatic rings. The molecule has 6 heteroatoms. The maximum Gasteiger partial charge on any atom is 0.241 e. The highest BCUT2D eigenvalue weighted by molar-refractivity contribution is 6.30. The molecule has 1 aliphatic heterocycles. The van der Waals surface area contributed by atoms with Crippen molar-refractivity contribution in [3.63, 3.8) is 0 Å². The molecule has 2 aromatic rings. The summed E-state index contributed by atoms with van der Waals surface area (Å²) >= 11 is 5.97. The molecule has 3 rings (SSSR count). The predicted octanol–water partition coefficient (Wildman–Crippen LogP) is 2.74. The standard InChI is InChI=1S/C15H18ClN3O2/c1-15(20)6-3-7-19(10-15)9-13-17-14(18-21-13)11-4-2-5-12(16)8-11/h2,4-5,8,20H,3,6-7,9-10H2,1H3. The Bertz CT molecular complexity index is 627. The summed E-state index contributed by atoms with van der Waals surface area (Å²) in [7, 11) is 0. The molecule has 1 fully saturated rings. The second kappa shape index (κ2) is 5.75. The number of piperidine rings is 1. The molecule has 0 amide bonds. The van der Waals surface area contributed by atoms with Gasteiger partial charge < -0.3 is 9.63 Å². The summed E-state index contributed by atoms with van der Waals surface area (Å²) in [4.78, 5) is 6.54. The van der Waals surface area contributed by atoms with E-state index in [0.717, 1.165) is 24.9 Å². The maximum absolute atomic E-state index is 10.1. The van der Waals surface area contributed by atoms with Crippen LogP contribution in [0.25, 0.3) is 11.4 Å². The predicted molar refractivity (Wildman–Crippen MR) is 79.9 cm³/mol. The highest BCUT2D eigenvalue weighted by Gasteiger charge is 2.29. The van der Waals surface area contributed by atoms with Crippen LogP contribution in [0.4, 0.5) is 0 Å². The van der Waals surface area contributed by atoms with E-state index in [9.17, 15) is 5.11 Å². The van der Waals surface area contributed by atoms with E-state index in [0.29, 0.717) is 29.8 Å². The number of likely N-dealkylation sites (tertiary alicyclic amines) is 1. The number of β-amino-alcohol motifs (C(OH)–C–C–N with tert-alkyl or cyclic N) is 1. The molecule has 1 aromatic heterocycles. The number of hydrogen-bond donors (Lipinski definition) is 1. The van der Waals surface area contributed by atoms with E-state index >= 15 is 0 Å². The van der Waals surface area contributed by atoms with Crippen molar-refractivity contribution >= 4 is 11.6 Å². The Hall–Kier alpha value is -1.43. The van der Waals surface area contributed by atoms with Gasteiger partial charge in [0.25, 0.3) is 0 Å². The molecule has 1 unspecified atom stereocenters. The second-order valence-corrected chi connectivity index (χ2v) is 6.27. The Labute approximate surface area is 128 Å². The average Bonchev–Trinajstić information content (AvgIpc) is 2.86. The third kappa shape index (κ3) is 3.61. The highest BCUT2D eigenvalue weighted by atomic mass is 35.5. The van der Waals surface area contributed by atoms with Crippen LogP contribution in [0.15, 0.2) is 28.8 Å². The van der Waals surface area contributed by atoms with Crippen molar-refractivity contribution in [2.45, 2.75) is 31.9 Å². The lowest BCUT2D eigenvalue weighted by atomic mass is 9.95. The molecule has 0 spiro atoms. The maximum atomic E-state index is 10.1. The first-order valence-corrected chi connectivity index (χ1v) is 7.43. The van der Waals surface area contributed by atoms with Crippen LogP contribution in [0.3, 0.4) is 0 Å². The number of aliphatic hydroxyl groups is 1. The van der Waals surface area contributed by atoms with Crippen LogP contribution >= 0.6 is 11.6 Å². The SMILES string of the molecule is CC1(O)CCCN(Cc2nc(-c3cccc(Cl)c3)no2)C1. The lowest BCUT2D eigenvalue weighted by Gasteiger charge is -2.35. The monoisotopic (exact) mass is 307 g/mol. The minimum Gasteiger partial charge on any atom is -0.389 e. The van der Waals surface area contributed by atoms with E-state index in [1.165, 1.54) is 0 Å². The second-order valence-electron chi connectivity index (χ2n) is 5.83. The summed E-state index contributed by atoms with van der Waals surface area (Å²) in [5.74, 6) is 1.10. The normalized spacial score (nSPS) is 23.4. The van der Waals surface area contributed by atoms with Crippen molar-refractivity contribution in [2.24, 2.45) is 0 Å². The molecule has 1 N–H and O–H groups in total. The number of halogens is 1. The van der Waals surface area contributed by atoms with Crippen LogP contribution < -0.4 is 0 Å². The smallest absolute Gasteiger partial charge is 0.241 e. The van der Waals surface area contributed by atoms with E-state index in [-0.39, 0.29) is 0 Å². The van der Waals surface area contributed by atoms with Gasteiger partial charge >= 0.3 is 0 Å². The van der Waals surface area contributed by atoms with E-state index in [2.05, 4.69) is 15.0 Å². The molecule has 112 valence electrons. The molecule has 1 aromatic carbocycles. The minimum atomic E-state index is -0.631. The summed E-state index contributed by atoms with van der Waals surface area (Å²) in [6.07, 6.45) is 1.81. The molecular weight excluding hydrogens is 290 g/mol. The molecule has 2 heterocycles. The van der Waals surface area contributed by atoms with E-state index in [1.807, 2.05) is 31.2 Å². The van der Waals surface area contributed by atoms with Crippen molar-refractivity contribution < 1.29 is 9.63 Å². The summed E-state index contributed by atoms with van der Waals surface area (Å²) in [6, 6.07) is 7.37. The molecule has 0 aliphatic carbocycles. The third-order valence-electron chi connectivity index (χ3n) is 3.66. The fraction of sp³-hybridized carbons (Fsp3) is 0.467. The molecule has 0 saturated carbocycles. The Morgan fingerprint density at radius 3 is 3.10 bits per heavy atom. The first-order valence-electron chi connectivity index (χ1n) is 7.05. The van der Waals surface area contributed by atoms with E-state index < -0.39 is 5.60 Å². The van der Waals surface area contributed by atoms with E-state index in [4.69, 9.17) is 16.1 Å². The van der Waals surface area contributed by atoms with E-state index in [1.54, 1.807) is 0 Å². The van der Waals surface area contributed by atoms with Crippen molar-refractivity contribution in [1.29, 1.82) is 0 Å². The molecule has 0 radical (unpaired) electrons. The van der Waals surface area contributed by atoms with Gasteiger partial charge in [-0.3, -0.25) is 4.90 Å². The van der Waals surface area contributed by atoms with Gasteiger partial charge in [0.15, 0.2) is 0 Å². The van der Waals surface area contributed by atoms with Crippen LogP contribution in [0.2, 0.25) is 5.02 Å². The molecule has 5 nitrogen and oxygen atoms in total. The summed E-state index contributed by atoms with van der Waals surface area (Å²) in [5, 5.41) is 14.8. The Morgan fingerprint density at radius 2 is 2.33 bits per heavy atom. The van der Waals surface area contributed by atoms with Crippen molar-refractivity contribution in [3.8, 4) is 11.4 Å². The lowest BCUT2D eigenvalue weighted by molar-refractivity contribution is -0.0207. The van der Waals surface area contributed by atoms with Gasteiger partial charge in [-0.25, -0.2) is 0 Å². The summed E-state index contributed by atoms with van der Waals surface area (Å²) < 4.78 is 5.30. The topological polar surface area (TPSA) is 62.4 Å². The van der Waals surface area contributed by atoms with Crippen LogP contribution in [0.1, 0.15) is 25.7 Å². The number of benzene rings is 1. The first-order chi connectivity index (χ1) is 10.0. The largest absolute Gasteiger partial charge is 0.389 e. The summed E-state index contributed by atoms with van der Waals surface area (Å²) in [6.45, 7) is 3.99. The van der Waals surface area contributed by atoms with Gasteiger partial charge in [0.1, 0.15) is 0 Å². The van der Waals surface area contributed by atoms with Crippen LogP contribution in [0.5, 0.6) is 0 Å². The Kier molecular flexibility index (Phi) is 3.97. The van der Waals surface area contributed by atoms with Gasteiger partial charge in [0.05, 0.1) is 12.1 Å².